The lowest BCUT2D eigenvalue weighted by atomic mass is 9.91. The predicted octanol–water partition coefficient (Wildman–Crippen LogP) is 4.18. The zero-order valence-electron chi connectivity index (χ0n) is 13.5. The molecule has 23 heavy (non-hydrogen) atoms. The lowest BCUT2D eigenvalue weighted by Gasteiger charge is -2.42. The summed E-state index contributed by atoms with van der Waals surface area (Å²) >= 11 is 3.51. The Morgan fingerprint density at radius 2 is 1.78 bits per heavy atom. The van der Waals surface area contributed by atoms with E-state index in [1.807, 2.05) is 12.1 Å². The molecule has 0 amide bonds. The van der Waals surface area contributed by atoms with Gasteiger partial charge in [0.25, 0.3) is 0 Å². The van der Waals surface area contributed by atoms with Crippen molar-refractivity contribution in [1.82, 2.24) is 9.80 Å². The van der Waals surface area contributed by atoms with Crippen molar-refractivity contribution in [2.75, 3.05) is 13.1 Å². The van der Waals surface area contributed by atoms with Crippen LogP contribution >= 0.6 is 15.9 Å². The summed E-state index contributed by atoms with van der Waals surface area (Å²) in [6.07, 6.45) is 11.0. The lowest BCUT2D eigenvalue weighted by molar-refractivity contribution is -0.0928. The Labute approximate surface area is 147 Å². The van der Waals surface area contributed by atoms with Gasteiger partial charge in [-0.25, -0.2) is 0 Å². The Morgan fingerprint density at radius 3 is 2.52 bits per heavy atom. The molecule has 124 valence electrons. The van der Waals surface area contributed by atoms with E-state index in [-0.39, 0.29) is 0 Å². The summed E-state index contributed by atoms with van der Waals surface area (Å²) in [5.74, 6) is 1.27. The van der Waals surface area contributed by atoms with E-state index in [1.165, 1.54) is 44.3 Å². The third kappa shape index (κ3) is 2.70. The van der Waals surface area contributed by atoms with E-state index in [4.69, 9.17) is 0 Å². The van der Waals surface area contributed by atoms with E-state index in [2.05, 4.69) is 43.9 Å². The summed E-state index contributed by atoms with van der Waals surface area (Å²) in [5, 5.41) is 11.7. The van der Waals surface area contributed by atoms with Gasteiger partial charge in [-0.1, -0.05) is 47.3 Å². The third-order valence-corrected chi connectivity index (χ3v) is 6.11. The number of aliphatic hydroxyl groups is 1. The largest absolute Gasteiger partial charge is 0.365 e. The van der Waals surface area contributed by atoms with Gasteiger partial charge in [-0.15, -0.1) is 0 Å². The molecule has 1 atom stereocenters. The Hall–Kier alpha value is -1.00. The highest BCUT2D eigenvalue weighted by Gasteiger charge is 2.50. The van der Waals surface area contributed by atoms with Crippen LogP contribution in [0.25, 0.3) is 0 Å². The van der Waals surface area contributed by atoms with Crippen LogP contribution in [0.15, 0.2) is 40.6 Å². The molecule has 0 aromatic heterocycles. The van der Waals surface area contributed by atoms with Gasteiger partial charge in [0.15, 0.2) is 5.72 Å². The van der Waals surface area contributed by atoms with Gasteiger partial charge in [-0.2, -0.15) is 0 Å². The quantitative estimate of drug-likeness (QED) is 0.838. The van der Waals surface area contributed by atoms with Crippen LogP contribution in [0.3, 0.4) is 0 Å². The molecule has 2 heterocycles. The molecule has 0 spiro atoms. The predicted molar refractivity (Wildman–Crippen MR) is 95.6 cm³/mol. The third-order valence-electron chi connectivity index (χ3n) is 5.59. The molecule has 0 bridgehead atoms. The Kier molecular flexibility index (Phi) is 4.14. The number of benzene rings is 1. The molecule has 1 saturated heterocycles. The number of fused-ring (bicyclic) bond motifs is 1. The van der Waals surface area contributed by atoms with Gasteiger partial charge in [-0.05, 0) is 43.9 Å². The molecule has 3 nitrogen and oxygen atoms in total. The van der Waals surface area contributed by atoms with E-state index in [0.29, 0.717) is 12.6 Å². The topological polar surface area (TPSA) is 26.7 Å². The standard InChI is InChI=1S/C19H25BrN2O/c20-16-11-9-15(10-12-16)19(23)14-21-13-5-4-8-18(21)22(19)17-6-2-1-3-7-17/h8-12,17,23H,1-7,13-14H2. The molecule has 2 aliphatic heterocycles. The number of halogens is 1. The summed E-state index contributed by atoms with van der Waals surface area (Å²) in [4.78, 5) is 4.74. The monoisotopic (exact) mass is 376 g/mol. The van der Waals surface area contributed by atoms with E-state index < -0.39 is 5.72 Å². The fraction of sp³-hybridized carbons (Fsp3) is 0.579. The van der Waals surface area contributed by atoms with Gasteiger partial charge >= 0.3 is 0 Å². The molecule has 1 N–H and O–H groups in total. The van der Waals surface area contributed by atoms with Crippen molar-refractivity contribution in [1.29, 1.82) is 0 Å². The molecule has 4 rings (SSSR count). The van der Waals surface area contributed by atoms with Crippen LogP contribution in [0.4, 0.5) is 0 Å². The van der Waals surface area contributed by atoms with Crippen molar-refractivity contribution >= 4 is 15.9 Å². The Balaban J connectivity index is 1.74. The first-order valence-corrected chi connectivity index (χ1v) is 9.71. The smallest absolute Gasteiger partial charge is 0.183 e. The van der Waals surface area contributed by atoms with Crippen LogP contribution in [-0.2, 0) is 5.72 Å². The summed E-state index contributed by atoms with van der Waals surface area (Å²) in [5.41, 5.74) is 0.125. The molecule has 1 saturated carbocycles. The lowest BCUT2D eigenvalue weighted by Crippen LogP contribution is -2.48. The summed E-state index contributed by atoms with van der Waals surface area (Å²) in [7, 11) is 0. The second kappa shape index (κ2) is 6.14. The zero-order valence-corrected chi connectivity index (χ0v) is 15.1. The zero-order chi connectivity index (χ0) is 15.9. The Bertz CT molecular complexity index is 594. The highest BCUT2D eigenvalue weighted by Crippen LogP contribution is 2.44. The van der Waals surface area contributed by atoms with Crippen molar-refractivity contribution in [3.05, 3.63) is 46.2 Å². The molecule has 3 aliphatic rings. The van der Waals surface area contributed by atoms with Crippen molar-refractivity contribution in [3.8, 4) is 0 Å². The first-order valence-electron chi connectivity index (χ1n) is 8.91. The SMILES string of the molecule is OC1(c2ccc(Br)cc2)CN2CCCC=C2N1C1CCCCC1. The molecule has 1 aromatic rings. The van der Waals surface area contributed by atoms with Crippen LogP contribution in [0.5, 0.6) is 0 Å². The fourth-order valence-corrected chi connectivity index (χ4v) is 4.74. The highest BCUT2D eigenvalue weighted by molar-refractivity contribution is 9.10. The van der Waals surface area contributed by atoms with Crippen molar-refractivity contribution < 1.29 is 5.11 Å². The number of rotatable bonds is 2. The molecule has 1 aromatic carbocycles. The number of hydrogen-bond donors (Lipinski definition) is 1. The van der Waals surface area contributed by atoms with E-state index in [0.717, 1.165) is 23.0 Å². The highest BCUT2D eigenvalue weighted by atomic mass is 79.9. The second-order valence-corrected chi connectivity index (χ2v) is 8.03. The summed E-state index contributed by atoms with van der Waals surface area (Å²) in [6.45, 7) is 1.75. The molecule has 4 heteroatoms. The molecular weight excluding hydrogens is 352 g/mol. The molecular formula is C19H25BrN2O. The van der Waals surface area contributed by atoms with Crippen molar-refractivity contribution in [3.63, 3.8) is 0 Å². The second-order valence-electron chi connectivity index (χ2n) is 7.11. The number of allylic oxidation sites excluding steroid dienone is 1. The van der Waals surface area contributed by atoms with E-state index in [1.54, 1.807) is 0 Å². The van der Waals surface area contributed by atoms with Gasteiger partial charge in [0.2, 0.25) is 0 Å². The minimum Gasteiger partial charge on any atom is -0.365 e. The number of hydrogen-bond acceptors (Lipinski definition) is 3. The maximum atomic E-state index is 11.7. The van der Waals surface area contributed by atoms with Crippen LogP contribution in [0.1, 0.15) is 50.5 Å². The van der Waals surface area contributed by atoms with E-state index in [9.17, 15) is 5.11 Å². The molecule has 1 unspecified atom stereocenters. The van der Waals surface area contributed by atoms with Crippen LogP contribution in [0.2, 0.25) is 0 Å². The van der Waals surface area contributed by atoms with Gasteiger partial charge < -0.3 is 14.9 Å². The first-order chi connectivity index (χ1) is 11.2. The van der Waals surface area contributed by atoms with Crippen LogP contribution in [-0.4, -0.2) is 34.0 Å². The molecule has 2 fully saturated rings. The van der Waals surface area contributed by atoms with E-state index >= 15 is 0 Å². The first kappa shape index (κ1) is 15.5. The fourth-order valence-electron chi connectivity index (χ4n) is 4.48. The number of nitrogens with zero attached hydrogens (tertiary/aromatic N) is 2. The van der Waals surface area contributed by atoms with Gasteiger partial charge in [-0.3, -0.25) is 0 Å². The molecule has 1 aliphatic carbocycles. The minimum absolute atomic E-state index is 0.465. The summed E-state index contributed by atoms with van der Waals surface area (Å²) < 4.78 is 1.06. The maximum Gasteiger partial charge on any atom is 0.183 e. The van der Waals surface area contributed by atoms with Crippen LogP contribution < -0.4 is 0 Å². The van der Waals surface area contributed by atoms with Gasteiger partial charge in [0, 0.05) is 22.6 Å². The maximum absolute atomic E-state index is 11.7. The normalized spacial score (nSPS) is 28.7. The molecule has 0 radical (unpaired) electrons. The minimum atomic E-state index is -0.890. The summed E-state index contributed by atoms with van der Waals surface area (Å²) in [6, 6.07) is 8.68. The van der Waals surface area contributed by atoms with Gasteiger partial charge in [0.1, 0.15) is 5.82 Å². The average molecular weight is 377 g/mol. The van der Waals surface area contributed by atoms with Crippen molar-refractivity contribution in [2.24, 2.45) is 0 Å². The van der Waals surface area contributed by atoms with Gasteiger partial charge in [0.05, 0.1) is 6.54 Å². The average Bonchev–Trinajstić information content (AvgIpc) is 2.89. The van der Waals surface area contributed by atoms with Crippen LogP contribution in [0, 0.1) is 0 Å². The van der Waals surface area contributed by atoms with Crippen molar-refractivity contribution in [2.45, 2.75) is 56.7 Å². The Morgan fingerprint density at radius 1 is 1.04 bits per heavy atom.